The molecule has 1 aromatic rings. The summed E-state index contributed by atoms with van der Waals surface area (Å²) in [7, 11) is 2.06. The van der Waals surface area contributed by atoms with Crippen LogP contribution in [0, 0.1) is 6.92 Å². The molecule has 0 aromatic heterocycles. The average molecular weight is 246 g/mol. The third kappa shape index (κ3) is 3.82. The quantitative estimate of drug-likeness (QED) is 0.830. The van der Waals surface area contributed by atoms with Crippen molar-refractivity contribution in [3.8, 4) is 0 Å². The fraction of sp³-hybridized carbons (Fsp3) is 0.625. The molecule has 1 heterocycles. The van der Waals surface area contributed by atoms with Crippen molar-refractivity contribution in [2.75, 3.05) is 26.7 Å². The van der Waals surface area contributed by atoms with E-state index in [1.54, 1.807) is 0 Å². The number of nitrogens with zero attached hydrogens (tertiary/aromatic N) is 1. The SMILES string of the molecule is CNCC1CCCN1CCCc1ccc(C)cc1. The second-order valence-electron chi connectivity index (χ2n) is 5.48. The van der Waals surface area contributed by atoms with E-state index >= 15 is 0 Å². The maximum absolute atomic E-state index is 3.31. The maximum atomic E-state index is 3.31. The van der Waals surface area contributed by atoms with Crippen molar-refractivity contribution in [1.82, 2.24) is 10.2 Å². The highest BCUT2D eigenvalue weighted by Crippen LogP contribution is 2.17. The van der Waals surface area contributed by atoms with E-state index in [1.807, 2.05) is 0 Å². The summed E-state index contributed by atoms with van der Waals surface area (Å²) in [6.07, 6.45) is 5.23. The van der Waals surface area contributed by atoms with Gasteiger partial charge in [-0.05, 0) is 58.3 Å². The van der Waals surface area contributed by atoms with Crippen LogP contribution in [0.25, 0.3) is 0 Å². The summed E-state index contributed by atoms with van der Waals surface area (Å²) in [6.45, 7) is 5.83. The summed E-state index contributed by atoms with van der Waals surface area (Å²) in [6, 6.07) is 9.74. The fourth-order valence-electron chi connectivity index (χ4n) is 2.90. The van der Waals surface area contributed by atoms with Crippen molar-refractivity contribution < 1.29 is 0 Å². The molecule has 1 unspecified atom stereocenters. The van der Waals surface area contributed by atoms with Crippen LogP contribution >= 0.6 is 0 Å². The third-order valence-corrected chi connectivity index (χ3v) is 3.97. The maximum Gasteiger partial charge on any atom is 0.0220 e. The van der Waals surface area contributed by atoms with Crippen molar-refractivity contribution in [3.63, 3.8) is 0 Å². The van der Waals surface area contributed by atoms with E-state index in [0.717, 1.165) is 12.6 Å². The van der Waals surface area contributed by atoms with E-state index in [4.69, 9.17) is 0 Å². The van der Waals surface area contributed by atoms with Gasteiger partial charge in [-0.2, -0.15) is 0 Å². The Labute approximate surface area is 111 Å². The summed E-state index contributed by atoms with van der Waals surface area (Å²) < 4.78 is 0. The number of rotatable bonds is 6. The van der Waals surface area contributed by atoms with Gasteiger partial charge in [-0.3, -0.25) is 4.90 Å². The molecule has 1 N–H and O–H groups in total. The smallest absolute Gasteiger partial charge is 0.0220 e. The van der Waals surface area contributed by atoms with Crippen LogP contribution in [0.15, 0.2) is 24.3 Å². The Balaban J connectivity index is 1.73. The Kier molecular flexibility index (Phi) is 5.21. The minimum atomic E-state index is 0.771. The fourth-order valence-corrected chi connectivity index (χ4v) is 2.90. The highest BCUT2D eigenvalue weighted by molar-refractivity contribution is 5.21. The van der Waals surface area contributed by atoms with Crippen molar-refractivity contribution in [2.45, 2.75) is 38.6 Å². The second kappa shape index (κ2) is 6.91. The number of aryl methyl sites for hydroxylation is 2. The van der Waals surface area contributed by atoms with E-state index < -0.39 is 0 Å². The van der Waals surface area contributed by atoms with Crippen LogP contribution in [0.3, 0.4) is 0 Å². The first kappa shape index (κ1) is 13.6. The minimum absolute atomic E-state index is 0.771. The first-order chi connectivity index (χ1) is 8.79. The van der Waals surface area contributed by atoms with Crippen molar-refractivity contribution >= 4 is 0 Å². The van der Waals surface area contributed by atoms with Crippen LogP contribution < -0.4 is 5.32 Å². The van der Waals surface area contributed by atoms with Crippen molar-refractivity contribution in [2.24, 2.45) is 0 Å². The lowest BCUT2D eigenvalue weighted by Crippen LogP contribution is -2.37. The second-order valence-corrected chi connectivity index (χ2v) is 5.48. The molecule has 2 heteroatoms. The Hall–Kier alpha value is -0.860. The molecule has 0 amide bonds. The number of hydrogen-bond donors (Lipinski definition) is 1. The van der Waals surface area contributed by atoms with Gasteiger partial charge in [-0.15, -0.1) is 0 Å². The summed E-state index contributed by atoms with van der Waals surface area (Å²) in [5, 5.41) is 3.31. The lowest BCUT2D eigenvalue weighted by molar-refractivity contribution is 0.248. The summed E-state index contributed by atoms with van der Waals surface area (Å²) in [4.78, 5) is 2.66. The van der Waals surface area contributed by atoms with E-state index in [0.29, 0.717) is 0 Å². The van der Waals surface area contributed by atoms with Crippen molar-refractivity contribution in [3.05, 3.63) is 35.4 Å². The Morgan fingerprint density at radius 2 is 2.06 bits per heavy atom. The predicted octanol–water partition coefficient (Wildman–Crippen LogP) is 2.61. The van der Waals surface area contributed by atoms with E-state index in [2.05, 4.69) is 48.5 Å². The molecule has 1 fully saturated rings. The van der Waals surface area contributed by atoms with Crippen LogP contribution in [0.4, 0.5) is 0 Å². The Morgan fingerprint density at radius 3 is 2.78 bits per heavy atom. The zero-order valence-electron chi connectivity index (χ0n) is 11.8. The predicted molar refractivity (Wildman–Crippen MR) is 78.0 cm³/mol. The standard InChI is InChI=1S/C16H26N2/c1-14-7-9-15(10-8-14)5-3-11-18-12-4-6-16(18)13-17-2/h7-10,16-17H,3-6,11-13H2,1-2H3. The van der Waals surface area contributed by atoms with E-state index in [9.17, 15) is 0 Å². The minimum Gasteiger partial charge on any atom is -0.318 e. The van der Waals surface area contributed by atoms with Crippen molar-refractivity contribution in [1.29, 1.82) is 0 Å². The first-order valence-electron chi connectivity index (χ1n) is 7.24. The summed E-state index contributed by atoms with van der Waals surface area (Å²) in [5.41, 5.74) is 2.83. The number of likely N-dealkylation sites (tertiary alicyclic amines) is 1. The molecular formula is C16H26N2. The van der Waals surface area contributed by atoms with Crippen LogP contribution in [-0.2, 0) is 6.42 Å². The molecule has 2 rings (SSSR count). The molecule has 18 heavy (non-hydrogen) atoms. The molecule has 1 saturated heterocycles. The molecular weight excluding hydrogens is 220 g/mol. The molecule has 1 aliphatic heterocycles. The van der Waals surface area contributed by atoms with Crippen LogP contribution in [-0.4, -0.2) is 37.6 Å². The average Bonchev–Trinajstić information content (AvgIpc) is 2.80. The molecule has 0 bridgehead atoms. The van der Waals surface area contributed by atoms with Crippen LogP contribution in [0.2, 0.25) is 0 Å². The number of likely N-dealkylation sites (N-methyl/N-ethyl adjacent to an activating group) is 1. The van der Waals surface area contributed by atoms with Crippen LogP contribution in [0.1, 0.15) is 30.4 Å². The topological polar surface area (TPSA) is 15.3 Å². The van der Waals surface area contributed by atoms with Gasteiger partial charge in [-0.1, -0.05) is 29.8 Å². The molecule has 100 valence electrons. The number of hydrogen-bond acceptors (Lipinski definition) is 2. The van der Waals surface area contributed by atoms with E-state index in [1.165, 1.54) is 49.9 Å². The normalized spacial score (nSPS) is 20.4. The number of nitrogens with one attached hydrogen (secondary N) is 1. The molecule has 1 aliphatic rings. The van der Waals surface area contributed by atoms with E-state index in [-0.39, 0.29) is 0 Å². The summed E-state index contributed by atoms with van der Waals surface area (Å²) in [5.74, 6) is 0. The number of benzene rings is 1. The molecule has 0 aliphatic carbocycles. The van der Waals surface area contributed by atoms with Gasteiger partial charge in [0.05, 0.1) is 0 Å². The lowest BCUT2D eigenvalue weighted by atomic mass is 10.1. The summed E-state index contributed by atoms with van der Waals surface area (Å²) >= 11 is 0. The highest BCUT2D eigenvalue weighted by atomic mass is 15.2. The lowest BCUT2D eigenvalue weighted by Gasteiger charge is -2.24. The van der Waals surface area contributed by atoms with Gasteiger partial charge in [0.25, 0.3) is 0 Å². The van der Waals surface area contributed by atoms with Gasteiger partial charge >= 0.3 is 0 Å². The zero-order chi connectivity index (χ0) is 12.8. The van der Waals surface area contributed by atoms with Gasteiger partial charge in [0.1, 0.15) is 0 Å². The molecule has 1 aromatic carbocycles. The molecule has 2 nitrogen and oxygen atoms in total. The molecule has 0 spiro atoms. The van der Waals surface area contributed by atoms with Gasteiger partial charge in [0.2, 0.25) is 0 Å². The zero-order valence-corrected chi connectivity index (χ0v) is 11.8. The Bertz CT molecular complexity index is 345. The van der Waals surface area contributed by atoms with Gasteiger partial charge < -0.3 is 5.32 Å². The molecule has 0 radical (unpaired) electrons. The van der Waals surface area contributed by atoms with Gasteiger partial charge in [0, 0.05) is 12.6 Å². The van der Waals surface area contributed by atoms with Gasteiger partial charge in [-0.25, -0.2) is 0 Å². The van der Waals surface area contributed by atoms with Crippen LogP contribution in [0.5, 0.6) is 0 Å². The first-order valence-corrected chi connectivity index (χ1v) is 7.24. The molecule has 1 atom stereocenters. The Morgan fingerprint density at radius 1 is 1.28 bits per heavy atom. The third-order valence-electron chi connectivity index (χ3n) is 3.97. The molecule has 0 saturated carbocycles. The largest absolute Gasteiger partial charge is 0.318 e. The van der Waals surface area contributed by atoms with Gasteiger partial charge in [0.15, 0.2) is 0 Å². The monoisotopic (exact) mass is 246 g/mol. The highest BCUT2D eigenvalue weighted by Gasteiger charge is 2.22.